The molecule has 66 valence electrons. The SMILES string of the molecule is C=C(Br)CNCCOC(C)C. The molecule has 0 bridgehead atoms. The molecule has 0 radical (unpaired) electrons. The van der Waals surface area contributed by atoms with E-state index in [1.807, 2.05) is 13.8 Å². The van der Waals surface area contributed by atoms with E-state index in [4.69, 9.17) is 4.74 Å². The van der Waals surface area contributed by atoms with Crippen molar-refractivity contribution in [3.63, 3.8) is 0 Å². The highest BCUT2D eigenvalue weighted by Crippen LogP contribution is 1.96. The fraction of sp³-hybridized carbons (Fsp3) is 0.750. The molecular formula is C8H16BrNO. The molecule has 0 aliphatic heterocycles. The molecule has 0 aliphatic rings. The molecule has 0 unspecified atom stereocenters. The first kappa shape index (κ1) is 11.1. The number of hydrogen-bond donors (Lipinski definition) is 1. The summed E-state index contributed by atoms with van der Waals surface area (Å²) in [7, 11) is 0. The third-order valence-corrected chi connectivity index (χ3v) is 1.33. The van der Waals surface area contributed by atoms with Crippen LogP contribution in [0.4, 0.5) is 0 Å². The minimum atomic E-state index is 0.323. The van der Waals surface area contributed by atoms with Gasteiger partial charge in [-0.25, -0.2) is 0 Å². The number of hydrogen-bond acceptors (Lipinski definition) is 2. The van der Waals surface area contributed by atoms with Crippen molar-refractivity contribution in [3.05, 3.63) is 11.1 Å². The molecule has 0 aromatic heterocycles. The summed E-state index contributed by atoms with van der Waals surface area (Å²) in [5.74, 6) is 0. The van der Waals surface area contributed by atoms with E-state index in [-0.39, 0.29) is 0 Å². The minimum Gasteiger partial charge on any atom is -0.377 e. The topological polar surface area (TPSA) is 21.3 Å². The Balaban J connectivity index is 2.97. The summed E-state index contributed by atoms with van der Waals surface area (Å²) in [4.78, 5) is 0. The highest BCUT2D eigenvalue weighted by atomic mass is 79.9. The molecule has 0 aromatic rings. The van der Waals surface area contributed by atoms with Gasteiger partial charge < -0.3 is 10.1 Å². The van der Waals surface area contributed by atoms with E-state index in [2.05, 4.69) is 27.8 Å². The molecule has 0 aliphatic carbocycles. The number of nitrogens with one attached hydrogen (secondary N) is 1. The van der Waals surface area contributed by atoms with Crippen molar-refractivity contribution in [2.75, 3.05) is 19.7 Å². The lowest BCUT2D eigenvalue weighted by Gasteiger charge is -2.07. The highest BCUT2D eigenvalue weighted by molar-refractivity contribution is 9.11. The zero-order valence-corrected chi connectivity index (χ0v) is 8.78. The van der Waals surface area contributed by atoms with E-state index in [1.165, 1.54) is 0 Å². The zero-order valence-electron chi connectivity index (χ0n) is 7.19. The third-order valence-electron chi connectivity index (χ3n) is 1.05. The smallest absolute Gasteiger partial charge is 0.0594 e. The second-order valence-electron chi connectivity index (χ2n) is 2.61. The van der Waals surface area contributed by atoms with E-state index in [0.29, 0.717) is 6.10 Å². The molecule has 0 amide bonds. The Labute approximate surface area is 77.1 Å². The second kappa shape index (κ2) is 6.83. The Kier molecular flexibility index (Phi) is 6.91. The summed E-state index contributed by atoms with van der Waals surface area (Å²) in [5, 5.41) is 3.17. The van der Waals surface area contributed by atoms with Crippen LogP contribution in [0.25, 0.3) is 0 Å². The second-order valence-corrected chi connectivity index (χ2v) is 3.74. The van der Waals surface area contributed by atoms with Gasteiger partial charge in [0.15, 0.2) is 0 Å². The van der Waals surface area contributed by atoms with Gasteiger partial charge in [0.25, 0.3) is 0 Å². The average Bonchev–Trinajstić information content (AvgIpc) is 1.85. The standard InChI is InChI=1S/C8H16BrNO/c1-7(2)11-5-4-10-6-8(3)9/h7,10H,3-6H2,1-2H3. The molecule has 0 aromatic carbocycles. The lowest BCUT2D eigenvalue weighted by atomic mass is 10.5. The van der Waals surface area contributed by atoms with Crippen LogP contribution in [0.1, 0.15) is 13.8 Å². The largest absolute Gasteiger partial charge is 0.377 e. The van der Waals surface area contributed by atoms with Crippen molar-refractivity contribution in [1.82, 2.24) is 5.32 Å². The predicted octanol–water partition coefficient (Wildman–Crippen LogP) is 1.91. The highest BCUT2D eigenvalue weighted by Gasteiger charge is 1.92. The van der Waals surface area contributed by atoms with Crippen LogP contribution in [-0.4, -0.2) is 25.8 Å². The van der Waals surface area contributed by atoms with Crippen LogP contribution in [0.3, 0.4) is 0 Å². The molecule has 0 fully saturated rings. The van der Waals surface area contributed by atoms with Crippen LogP contribution in [0.2, 0.25) is 0 Å². The molecule has 3 heteroatoms. The van der Waals surface area contributed by atoms with E-state index >= 15 is 0 Å². The lowest BCUT2D eigenvalue weighted by Crippen LogP contribution is -2.22. The Morgan fingerprint density at radius 1 is 1.64 bits per heavy atom. The van der Waals surface area contributed by atoms with Crippen LogP contribution < -0.4 is 5.32 Å². The maximum absolute atomic E-state index is 5.32. The van der Waals surface area contributed by atoms with Crippen molar-refractivity contribution < 1.29 is 4.74 Å². The van der Waals surface area contributed by atoms with Gasteiger partial charge in [-0.2, -0.15) is 0 Å². The van der Waals surface area contributed by atoms with Gasteiger partial charge in [0.1, 0.15) is 0 Å². The number of halogens is 1. The minimum absolute atomic E-state index is 0.323. The molecule has 0 saturated heterocycles. The molecule has 0 saturated carbocycles. The number of ether oxygens (including phenoxy) is 1. The summed E-state index contributed by atoms with van der Waals surface area (Å²) in [6.45, 7) is 10.2. The first-order valence-electron chi connectivity index (χ1n) is 3.78. The quantitative estimate of drug-likeness (QED) is 0.693. The van der Waals surface area contributed by atoms with Gasteiger partial charge in [-0.15, -0.1) is 0 Å². The first-order valence-corrected chi connectivity index (χ1v) is 4.58. The van der Waals surface area contributed by atoms with Crippen LogP contribution in [0, 0.1) is 0 Å². The summed E-state index contributed by atoms with van der Waals surface area (Å²) < 4.78 is 6.29. The van der Waals surface area contributed by atoms with E-state index in [9.17, 15) is 0 Å². The van der Waals surface area contributed by atoms with Gasteiger partial charge in [-0.05, 0) is 13.8 Å². The molecular weight excluding hydrogens is 206 g/mol. The Morgan fingerprint density at radius 2 is 2.27 bits per heavy atom. The van der Waals surface area contributed by atoms with Crippen LogP contribution in [-0.2, 0) is 4.74 Å². The third kappa shape index (κ3) is 10.1. The average molecular weight is 222 g/mol. The Morgan fingerprint density at radius 3 is 2.73 bits per heavy atom. The molecule has 0 rings (SSSR count). The molecule has 1 N–H and O–H groups in total. The maximum Gasteiger partial charge on any atom is 0.0594 e. The van der Waals surface area contributed by atoms with Crippen molar-refractivity contribution in [1.29, 1.82) is 0 Å². The first-order chi connectivity index (χ1) is 5.13. The Bertz CT molecular complexity index is 115. The number of rotatable bonds is 6. The molecule has 0 heterocycles. The van der Waals surface area contributed by atoms with Crippen molar-refractivity contribution in [3.8, 4) is 0 Å². The normalized spacial score (nSPS) is 10.5. The summed E-state index contributed by atoms with van der Waals surface area (Å²) in [5.41, 5.74) is 0. The lowest BCUT2D eigenvalue weighted by molar-refractivity contribution is 0.0813. The van der Waals surface area contributed by atoms with Gasteiger partial charge in [0.2, 0.25) is 0 Å². The summed E-state index contributed by atoms with van der Waals surface area (Å²) in [6, 6.07) is 0. The molecule has 2 nitrogen and oxygen atoms in total. The Hall–Kier alpha value is 0.140. The van der Waals surface area contributed by atoms with Crippen LogP contribution in [0.5, 0.6) is 0 Å². The van der Waals surface area contributed by atoms with Crippen molar-refractivity contribution in [2.24, 2.45) is 0 Å². The van der Waals surface area contributed by atoms with Gasteiger partial charge in [0.05, 0.1) is 12.7 Å². The van der Waals surface area contributed by atoms with E-state index in [1.54, 1.807) is 0 Å². The monoisotopic (exact) mass is 221 g/mol. The molecule has 0 spiro atoms. The van der Waals surface area contributed by atoms with Gasteiger partial charge in [0, 0.05) is 17.6 Å². The fourth-order valence-electron chi connectivity index (χ4n) is 0.591. The van der Waals surface area contributed by atoms with Gasteiger partial charge in [-0.3, -0.25) is 0 Å². The van der Waals surface area contributed by atoms with E-state index in [0.717, 1.165) is 24.2 Å². The molecule has 11 heavy (non-hydrogen) atoms. The van der Waals surface area contributed by atoms with Gasteiger partial charge >= 0.3 is 0 Å². The maximum atomic E-state index is 5.32. The molecule has 0 atom stereocenters. The fourth-order valence-corrected chi connectivity index (χ4v) is 0.789. The van der Waals surface area contributed by atoms with Crippen LogP contribution in [0.15, 0.2) is 11.1 Å². The van der Waals surface area contributed by atoms with Crippen molar-refractivity contribution >= 4 is 15.9 Å². The summed E-state index contributed by atoms with van der Waals surface area (Å²) >= 11 is 3.26. The predicted molar refractivity (Wildman–Crippen MR) is 52.0 cm³/mol. The zero-order chi connectivity index (χ0) is 8.69. The van der Waals surface area contributed by atoms with Crippen LogP contribution >= 0.6 is 15.9 Å². The van der Waals surface area contributed by atoms with Crippen molar-refractivity contribution in [2.45, 2.75) is 20.0 Å². The van der Waals surface area contributed by atoms with Gasteiger partial charge in [-0.1, -0.05) is 22.5 Å². The summed E-state index contributed by atoms with van der Waals surface area (Å²) in [6.07, 6.45) is 0.323. The van der Waals surface area contributed by atoms with E-state index < -0.39 is 0 Å².